The Labute approximate surface area is 185 Å². The molecule has 1 N–H and O–H groups in total. The fourth-order valence-corrected chi connectivity index (χ4v) is 6.70. The first kappa shape index (κ1) is 22.3. The molecule has 170 valence electrons. The van der Waals surface area contributed by atoms with Crippen LogP contribution in [0.3, 0.4) is 0 Å². The molecule has 0 saturated heterocycles. The quantitative estimate of drug-likeness (QED) is 0.653. The Morgan fingerprint density at radius 1 is 1.00 bits per heavy atom. The van der Waals surface area contributed by atoms with E-state index in [0.717, 1.165) is 42.6 Å². The molecule has 0 aromatic heterocycles. The van der Waals surface area contributed by atoms with E-state index in [1.807, 2.05) is 18.7 Å². The fraction of sp³-hybridized carbons (Fsp3) is 0.680. The molecule has 0 atom stereocenters. The second kappa shape index (κ2) is 9.27. The highest BCUT2D eigenvalue weighted by molar-refractivity contribution is 5.81. The van der Waals surface area contributed by atoms with Gasteiger partial charge in [-0.05, 0) is 87.4 Å². The third-order valence-electron chi connectivity index (χ3n) is 7.68. The molecule has 4 fully saturated rings. The summed E-state index contributed by atoms with van der Waals surface area (Å²) in [7, 11) is 0. The van der Waals surface area contributed by atoms with Crippen LogP contribution in [0, 0.1) is 23.6 Å². The SMILES string of the molecule is CCNC(=O)CN(CC)CC(=O)N(Cc1ccc(F)cc1)C12CC3CC(CC(C3)C1)C2. The minimum absolute atomic E-state index is 0.0444. The Hall–Kier alpha value is -1.95. The van der Waals surface area contributed by atoms with Crippen molar-refractivity contribution in [2.45, 2.75) is 64.5 Å². The number of nitrogens with one attached hydrogen (secondary N) is 1. The zero-order valence-electron chi connectivity index (χ0n) is 18.9. The minimum Gasteiger partial charge on any atom is -0.355 e. The molecule has 2 amide bonds. The van der Waals surface area contributed by atoms with Crippen LogP contribution in [0.5, 0.6) is 0 Å². The standard InChI is InChI=1S/C25H36FN3O2/c1-3-27-23(30)16-28(4-2)17-24(31)29(15-18-5-7-22(26)8-6-18)25-12-19-9-20(13-25)11-21(10-19)14-25/h5-8,19-21H,3-4,9-17H2,1-2H3,(H,27,30). The van der Waals surface area contributed by atoms with Gasteiger partial charge in [0.2, 0.25) is 11.8 Å². The van der Waals surface area contributed by atoms with Gasteiger partial charge in [-0.15, -0.1) is 0 Å². The fourth-order valence-electron chi connectivity index (χ4n) is 6.70. The van der Waals surface area contributed by atoms with E-state index in [2.05, 4.69) is 10.2 Å². The van der Waals surface area contributed by atoms with E-state index in [1.54, 1.807) is 12.1 Å². The third kappa shape index (κ3) is 4.94. The van der Waals surface area contributed by atoms with Crippen molar-refractivity contribution >= 4 is 11.8 Å². The molecule has 6 heteroatoms. The smallest absolute Gasteiger partial charge is 0.237 e. The van der Waals surface area contributed by atoms with Gasteiger partial charge in [-0.3, -0.25) is 14.5 Å². The van der Waals surface area contributed by atoms with E-state index in [-0.39, 0.29) is 36.3 Å². The van der Waals surface area contributed by atoms with Crippen LogP contribution in [0.2, 0.25) is 0 Å². The molecule has 1 aromatic carbocycles. The van der Waals surface area contributed by atoms with E-state index in [0.29, 0.717) is 19.6 Å². The topological polar surface area (TPSA) is 52.7 Å². The van der Waals surface area contributed by atoms with Crippen molar-refractivity contribution in [3.05, 3.63) is 35.6 Å². The van der Waals surface area contributed by atoms with Crippen LogP contribution in [0.1, 0.15) is 57.9 Å². The minimum atomic E-state index is -0.254. The molecule has 0 spiro atoms. The van der Waals surface area contributed by atoms with Crippen molar-refractivity contribution in [1.82, 2.24) is 15.1 Å². The van der Waals surface area contributed by atoms with Crippen molar-refractivity contribution in [1.29, 1.82) is 0 Å². The number of nitrogens with zero attached hydrogens (tertiary/aromatic N) is 2. The van der Waals surface area contributed by atoms with Crippen LogP contribution >= 0.6 is 0 Å². The molecule has 5 nitrogen and oxygen atoms in total. The van der Waals surface area contributed by atoms with E-state index in [4.69, 9.17) is 0 Å². The van der Waals surface area contributed by atoms with E-state index < -0.39 is 0 Å². The summed E-state index contributed by atoms with van der Waals surface area (Å²) in [6, 6.07) is 6.54. The van der Waals surface area contributed by atoms with Gasteiger partial charge < -0.3 is 10.2 Å². The number of hydrogen-bond donors (Lipinski definition) is 1. The monoisotopic (exact) mass is 429 g/mol. The molecule has 0 heterocycles. The highest BCUT2D eigenvalue weighted by atomic mass is 19.1. The molecular weight excluding hydrogens is 393 g/mol. The van der Waals surface area contributed by atoms with Gasteiger partial charge in [-0.25, -0.2) is 4.39 Å². The largest absolute Gasteiger partial charge is 0.355 e. The second-order valence-electron chi connectivity index (χ2n) is 10.0. The number of amides is 2. The zero-order valence-corrected chi connectivity index (χ0v) is 18.9. The maximum absolute atomic E-state index is 13.7. The average Bonchev–Trinajstić information content (AvgIpc) is 2.71. The normalized spacial score (nSPS) is 28.7. The molecule has 0 aliphatic heterocycles. The van der Waals surface area contributed by atoms with Crippen molar-refractivity contribution in [3.8, 4) is 0 Å². The number of benzene rings is 1. The highest BCUT2D eigenvalue weighted by Crippen LogP contribution is 2.58. The highest BCUT2D eigenvalue weighted by Gasteiger charge is 2.54. The summed E-state index contributed by atoms with van der Waals surface area (Å²) < 4.78 is 13.5. The number of carbonyl (C=O) groups is 2. The number of halogens is 1. The molecule has 0 unspecified atom stereocenters. The van der Waals surface area contributed by atoms with Gasteiger partial charge in [0.25, 0.3) is 0 Å². The maximum atomic E-state index is 13.7. The second-order valence-corrected chi connectivity index (χ2v) is 10.0. The lowest BCUT2D eigenvalue weighted by Gasteiger charge is -2.60. The van der Waals surface area contributed by atoms with Crippen LogP contribution in [-0.2, 0) is 16.1 Å². The van der Waals surface area contributed by atoms with Gasteiger partial charge in [0, 0.05) is 18.6 Å². The first-order chi connectivity index (χ1) is 14.9. The first-order valence-electron chi connectivity index (χ1n) is 11.9. The van der Waals surface area contributed by atoms with Gasteiger partial charge in [0.1, 0.15) is 5.82 Å². The summed E-state index contributed by atoms with van der Waals surface area (Å²) in [5.41, 5.74) is 0.892. The Morgan fingerprint density at radius 2 is 1.58 bits per heavy atom. The van der Waals surface area contributed by atoms with Crippen LogP contribution in [0.4, 0.5) is 4.39 Å². The lowest BCUT2D eigenvalue weighted by molar-refractivity contribution is -0.153. The molecule has 4 saturated carbocycles. The zero-order chi connectivity index (χ0) is 22.0. The molecule has 0 radical (unpaired) electrons. The van der Waals surface area contributed by atoms with Gasteiger partial charge >= 0.3 is 0 Å². The van der Waals surface area contributed by atoms with Gasteiger partial charge in [-0.2, -0.15) is 0 Å². The third-order valence-corrected chi connectivity index (χ3v) is 7.68. The van der Waals surface area contributed by atoms with Crippen LogP contribution in [0.15, 0.2) is 24.3 Å². The van der Waals surface area contributed by atoms with Crippen LogP contribution in [-0.4, -0.2) is 53.3 Å². The summed E-state index contributed by atoms with van der Waals surface area (Å²) in [6.07, 6.45) is 7.22. The molecule has 4 aliphatic rings. The molecule has 31 heavy (non-hydrogen) atoms. The lowest BCUT2D eigenvalue weighted by Crippen LogP contribution is -2.62. The molecule has 5 rings (SSSR count). The molecule has 1 aromatic rings. The van der Waals surface area contributed by atoms with Crippen LogP contribution < -0.4 is 5.32 Å². The van der Waals surface area contributed by atoms with Gasteiger partial charge in [-0.1, -0.05) is 19.1 Å². The Balaban J connectivity index is 1.55. The van der Waals surface area contributed by atoms with Crippen molar-refractivity contribution in [2.24, 2.45) is 17.8 Å². The van der Waals surface area contributed by atoms with Gasteiger partial charge in [0.15, 0.2) is 0 Å². The summed E-state index contributed by atoms with van der Waals surface area (Å²) >= 11 is 0. The molecule has 4 bridgehead atoms. The number of carbonyl (C=O) groups excluding carboxylic acids is 2. The summed E-state index contributed by atoms with van der Waals surface area (Å²) in [5, 5.41) is 2.83. The van der Waals surface area contributed by atoms with Crippen LogP contribution in [0.25, 0.3) is 0 Å². The Kier molecular flexibility index (Phi) is 6.65. The average molecular weight is 430 g/mol. The summed E-state index contributed by atoms with van der Waals surface area (Å²) in [5.74, 6) is 1.98. The van der Waals surface area contributed by atoms with Gasteiger partial charge in [0.05, 0.1) is 13.1 Å². The van der Waals surface area contributed by atoms with E-state index in [1.165, 1.54) is 31.4 Å². The summed E-state index contributed by atoms with van der Waals surface area (Å²) in [6.45, 7) is 6.13. The molecule has 4 aliphatic carbocycles. The number of hydrogen-bond acceptors (Lipinski definition) is 3. The number of rotatable bonds is 9. The first-order valence-corrected chi connectivity index (χ1v) is 11.9. The maximum Gasteiger partial charge on any atom is 0.237 e. The Bertz CT molecular complexity index is 759. The Morgan fingerprint density at radius 3 is 2.10 bits per heavy atom. The molecular formula is C25H36FN3O2. The van der Waals surface area contributed by atoms with Crippen molar-refractivity contribution in [2.75, 3.05) is 26.2 Å². The number of likely N-dealkylation sites (N-methyl/N-ethyl adjacent to an activating group) is 2. The van der Waals surface area contributed by atoms with E-state index >= 15 is 0 Å². The van der Waals surface area contributed by atoms with Crippen molar-refractivity contribution < 1.29 is 14.0 Å². The van der Waals surface area contributed by atoms with Crippen molar-refractivity contribution in [3.63, 3.8) is 0 Å². The lowest BCUT2D eigenvalue weighted by atomic mass is 9.52. The summed E-state index contributed by atoms with van der Waals surface area (Å²) in [4.78, 5) is 29.9. The predicted octanol–water partition coefficient (Wildman–Crippen LogP) is 3.58. The predicted molar refractivity (Wildman–Crippen MR) is 119 cm³/mol. The van der Waals surface area contributed by atoms with E-state index in [9.17, 15) is 14.0 Å².